The highest BCUT2D eigenvalue weighted by molar-refractivity contribution is 6.15. The number of hydrogen-bond acceptors (Lipinski definition) is 9. The molecule has 272 valence electrons. The smallest absolute Gasteiger partial charge is 0.415 e. The Morgan fingerprint density at radius 2 is 1.69 bits per heavy atom. The first-order chi connectivity index (χ1) is 26.0. The van der Waals surface area contributed by atoms with Crippen molar-refractivity contribution < 1.29 is 19.1 Å². The Bertz CT molecular complexity index is 2380. The van der Waals surface area contributed by atoms with E-state index in [1.165, 1.54) is 0 Å². The van der Waals surface area contributed by atoms with Crippen LogP contribution in [0, 0.1) is 12.8 Å². The largest absolute Gasteiger partial charge is 0.474 e. The van der Waals surface area contributed by atoms with Gasteiger partial charge in [-0.05, 0) is 74.9 Å². The number of nitrogens with one attached hydrogen (secondary N) is 1. The third-order valence-electron chi connectivity index (χ3n) is 9.55. The number of anilines is 2. The lowest BCUT2D eigenvalue weighted by molar-refractivity contribution is -0.117. The molecule has 1 aliphatic heterocycles. The molecule has 1 N–H and O–H groups in total. The average Bonchev–Trinajstić information content (AvgIpc) is 3.85. The summed E-state index contributed by atoms with van der Waals surface area (Å²) < 4.78 is 13.4. The van der Waals surface area contributed by atoms with E-state index in [-0.39, 0.29) is 17.7 Å². The lowest BCUT2D eigenvalue weighted by Crippen LogP contribution is -2.42. The van der Waals surface area contributed by atoms with E-state index in [4.69, 9.17) is 14.5 Å². The summed E-state index contributed by atoms with van der Waals surface area (Å²) in [4.78, 5) is 38.3. The van der Waals surface area contributed by atoms with Gasteiger partial charge >= 0.3 is 6.09 Å². The summed E-state index contributed by atoms with van der Waals surface area (Å²) in [6, 6.07) is 25.7. The van der Waals surface area contributed by atoms with Gasteiger partial charge in [-0.25, -0.2) is 14.8 Å². The second kappa shape index (κ2) is 13.8. The molecule has 3 aromatic carbocycles. The van der Waals surface area contributed by atoms with Crippen molar-refractivity contribution in [3.05, 3.63) is 120 Å². The number of benzene rings is 3. The van der Waals surface area contributed by atoms with Crippen molar-refractivity contribution in [1.29, 1.82) is 0 Å². The first-order valence-electron chi connectivity index (χ1n) is 18.0. The molecule has 0 saturated heterocycles. The second-order valence-corrected chi connectivity index (χ2v) is 14.7. The maximum absolute atomic E-state index is 13.4. The van der Waals surface area contributed by atoms with Crippen LogP contribution in [-0.4, -0.2) is 61.4 Å². The number of ether oxygens (including phenoxy) is 2. The van der Waals surface area contributed by atoms with Gasteiger partial charge in [0.05, 0.1) is 24.1 Å². The Labute approximate surface area is 312 Å². The first-order valence-corrected chi connectivity index (χ1v) is 18.0. The van der Waals surface area contributed by atoms with Crippen LogP contribution in [0.5, 0.6) is 5.88 Å². The van der Waals surface area contributed by atoms with E-state index >= 15 is 0 Å². The quantitative estimate of drug-likeness (QED) is 0.165. The molecule has 0 spiro atoms. The van der Waals surface area contributed by atoms with Crippen molar-refractivity contribution in [2.75, 3.05) is 23.4 Å². The number of pyridine rings is 1. The number of aliphatic imine (C=N–C) groups is 1. The molecule has 2 unspecified atom stereocenters. The van der Waals surface area contributed by atoms with Crippen LogP contribution in [0.15, 0.2) is 102 Å². The second-order valence-electron chi connectivity index (χ2n) is 14.7. The highest BCUT2D eigenvalue weighted by atomic mass is 16.6. The number of hydrogen-bond donors (Lipinski definition) is 1. The molecule has 2 aliphatic rings. The number of amides is 2. The first kappa shape index (κ1) is 34.6. The normalized spacial score (nSPS) is 16.3. The van der Waals surface area contributed by atoms with E-state index in [0.29, 0.717) is 47.1 Å². The summed E-state index contributed by atoms with van der Waals surface area (Å²) >= 11 is 0. The average molecular weight is 721 g/mol. The molecular formula is C42H40N8O4. The summed E-state index contributed by atoms with van der Waals surface area (Å²) in [5.74, 6) is 0.546. The van der Waals surface area contributed by atoms with Crippen molar-refractivity contribution in [2.24, 2.45) is 18.0 Å². The van der Waals surface area contributed by atoms with E-state index in [9.17, 15) is 9.59 Å². The molecular weight excluding hydrogens is 681 g/mol. The maximum Gasteiger partial charge on any atom is 0.415 e. The molecule has 54 heavy (non-hydrogen) atoms. The fourth-order valence-electron chi connectivity index (χ4n) is 6.88. The fraction of sp³-hybridized carbons (Fsp3) is 0.262. The van der Waals surface area contributed by atoms with Crippen LogP contribution in [0.2, 0.25) is 0 Å². The summed E-state index contributed by atoms with van der Waals surface area (Å²) in [7, 11) is 1.87. The number of aromatic nitrogens is 5. The fourth-order valence-corrected chi connectivity index (χ4v) is 6.88. The van der Waals surface area contributed by atoms with Crippen LogP contribution in [0.1, 0.15) is 55.4 Å². The molecule has 0 bridgehead atoms. The van der Waals surface area contributed by atoms with Crippen LogP contribution in [-0.2, 0) is 16.6 Å². The van der Waals surface area contributed by atoms with Gasteiger partial charge in [0.25, 0.3) is 0 Å². The van der Waals surface area contributed by atoms with Crippen LogP contribution in [0.4, 0.5) is 22.0 Å². The highest BCUT2D eigenvalue weighted by Gasteiger charge is 2.44. The molecule has 1 saturated carbocycles. The Balaban J connectivity index is 1.24. The number of carbonyl (C=O) groups excluding carboxylic acids is 2. The molecule has 1 aliphatic carbocycles. The lowest BCUT2D eigenvalue weighted by atomic mass is 9.97. The molecule has 3 aromatic heterocycles. The van der Waals surface area contributed by atoms with E-state index in [2.05, 4.69) is 25.6 Å². The van der Waals surface area contributed by atoms with E-state index in [1.807, 2.05) is 126 Å². The Morgan fingerprint density at radius 1 is 0.963 bits per heavy atom. The summed E-state index contributed by atoms with van der Waals surface area (Å²) in [5.41, 5.74) is 7.03. The van der Waals surface area contributed by atoms with Crippen LogP contribution in [0.25, 0.3) is 22.0 Å². The molecule has 6 aromatic rings. The minimum Gasteiger partial charge on any atom is -0.474 e. The Morgan fingerprint density at radius 3 is 2.35 bits per heavy atom. The SMILES string of the molecule is Cc1c(-c2cc(N=C(c3ccccc3)c3ccccc3)c3nnc(NC(=O)C4CC4c4cnn(C)c4)cc3c2)cnc2c1N(C(=O)OC(C)(C)C)CCO2. The third kappa shape index (κ3) is 7.02. The number of aryl methyl sites for hydroxylation is 1. The van der Waals surface area contributed by atoms with Gasteiger partial charge in [0.1, 0.15) is 23.4 Å². The minimum absolute atomic E-state index is 0.112. The van der Waals surface area contributed by atoms with Gasteiger partial charge in [-0.2, -0.15) is 5.10 Å². The standard InChI is InChI=1S/C42H40N8O4/c1-25-33(23-43-40-38(25)50(16-17-53-40)41(52)54-42(2,3)4)28-18-29-20-35(46-39(51)32-21-31(32)30-22-44-49(5)24-30)47-48-37(29)34(19-28)45-36(26-12-8-6-9-13-26)27-14-10-7-11-15-27/h6-15,18-20,22-24,31-32H,16-17,21H2,1-5H3,(H,46,47,51). The number of nitrogens with zero attached hydrogens (tertiary/aromatic N) is 7. The minimum atomic E-state index is -0.678. The van der Waals surface area contributed by atoms with Gasteiger partial charge in [-0.15, -0.1) is 10.2 Å². The topological polar surface area (TPSA) is 137 Å². The van der Waals surface area contributed by atoms with Gasteiger partial charge in [0.15, 0.2) is 5.82 Å². The molecule has 12 heteroatoms. The van der Waals surface area contributed by atoms with E-state index in [1.54, 1.807) is 15.8 Å². The van der Waals surface area contributed by atoms with Crippen LogP contribution < -0.4 is 15.0 Å². The predicted molar refractivity (Wildman–Crippen MR) is 207 cm³/mol. The van der Waals surface area contributed by atoms with Crippen LogP contribution in [0.3, 0.4) is 0 Å². The maximum atomic E-state index is 13.4. The monoisotopic (exact) mass is 720 g/mol. The summed E-state index contributed by atoms with van der Waals surface area (Å²) in [5, 5.41) is 17.1. The number of rotatable bonds is 7. The molecule has 1 fully saturated rings. The Hall–Kier alpha value is -6.43. The predicted octanol–water partition coefficient (Wildman–Crippen LogP) is 7.78. The summed E-state index contributed by atoms with van der Waals surface area (Å²) in [6.07, 6.45) is 5.79. The van der Waals surface area contributed by atoms with Crippen molar-refractivity contribution in [1.82, 2.24) is 25.0 Å². The van der Waals surface area contributed by atoms with Crippen molar-refractivity contribution >= 4 is 45.8 Å². The number of carbonyl (C=O) groups is 2. The van der Waals surface area contributed by atoms with E-state index in [0.717, 1.165) is 45.5 Å². The zero-order valence-corrected chi connectivity index (χ0v) is 30.8. The molecule has 2 atom stereocenters. The van der Waals surface area contributed by atoms with Crippen molar-refractivity contribution in [2.45, 2.75) is 45.6 Å². The van der Waals surface area contributed by atoms with Gasteiger partial charge < -0.3 is 14.8 Å². The number of fused-ring (bicyclic) bond motifs is 2. The zero-order chi connectivity index (χ0) is 37.6. The van der Waals surface area contributed by atoms with Crippen LogP contribution >= 0.6 is 0 Å². The summed E-state index contributed by atoms with van der Waals surface area (Å²) in [6.45, 7) is 8.08. The van der Waals surface area contributed by atoms with E-state index < -0.39 is 11.7 Å². The van der Waals surface area contributed by atoms with Gasteiger partial charge in [-0.1, -0.05) is 60.7 Å². The molecule has 2 amide bonds. The molecule has 0 radical (unpaired) electrons. The van der Waals surface area contributed by atoms with Crippen molar-refractivity contribution in [3.63, 3.8) is 0 Å². The molecule has 12 nitrogen and oxygen atoms in total. The Kier molecular flexibility index (Phi) is 8.88. The highest BCUT2D eigenvalue weighted by Crippen LogP contribution is 2.48. The zero-order valence-electron chi connectivity index (χ0n) is 30.8. The molecule has 4 heterocycles. The third-order valence-corrected chi connectivity index (χ3v) is 9.55. The van der Waals surface area contributed by atoms with Gasteiger partial charge in [-0.3, -0.25) is 14.4 Å². The lowest BCUT2D eigenvalue weighted by Gasteiger charge is -2.32. The van der Waals surface area contributed by atoms with Gasteiger partial charge in [0, 0.05) is 47.4 Å². The van der Waals surface area contributed by atoms with Gasteiger partial charge in [0.2, 0.25) is 11.8 Å². The van der Waals surface area contributed by atoms with Crippen molar-refractivity contribution in [3.8, 4) is 17.0 Å². The molecule has 8 rings (SSSR count).